The number of anilines is 1. The summed E-state index contributed by atoms with van der Waals surface area (Å²) in [4.78, 5) is 28.4. The highest BCUT2D eigenvalue weighted by molar-refractivity contribution is 8.18. The fraction of sp³-hybridized carbons (Fsp3) is 0.105. The molecule has 1 saturated heterocycles. The Hall–Kier alpha value is -2.57. The number of allylic oxidation sites excluding steroid dienone is 1. The number of amidine groups is 1. The van der Waals surface area contributed by atoms with E-state index in [0.29, 0.717) is 26.5 Å². The van der Waals surface area contributed by atoms with E-state index >= 15 is 0 Å². The zero-order chi connectivity index (χ0) is 18.7. The van der Waals surface area contributed by atoms with Gasteiger partial charge in [0, 0.05) is 17.6 Å². The van der Waals surface area contributed by atoms with E-state index in [1.807, 2.05) is 19.1 Å². The van der Waals surface area contributed by atoms with E-state index in [4.69, 9.17) is 11.6 Å². The number of benzene rings is 2. The van der Waals surface area contributed by atoms with Crippen LogP contribution in [0.4, 0.5) is 11.4 Å². The molecule has 26 heavy (non-hydrogen) atoms. The summed E-state index contributed by atoms with van der Waals surface area (Å²) in [6, 6.07) is 14.4. The number of hydrogen-bond donors (Lipinski definition) is 2. The third-order valence-corrected chi connectivity index (χ3v) is 5.00. The van der Waals surface area contributed by atoms with Gasteiger partial charge in [-0.25, -0.2) is 4.99 Å². The molecule has 1 heterocycles. The van der Waals surface area contributed by atoms with E-state index in [0.717, 1.165) is 11.1 Å². The van der Waals surface area contributed by atoms with Gasteiger partial charge in [0.05, 0.1) is 10.6 Å². The molecule has 1 aliphatic rings. The van der Waals surface area contributed by atoms with Crippen LogP contribution in [-0.4, -0.2) is 17.0 Å². The highest BCUT2D eigenvalue weighted by Crippen LogP contribution is 2.33. The maximum Gasteiger partial charge on any atom is 0.264 e. The standard InChI is InChI=1S/C19H16ClN3O2S/c1-11(13-3-5-14(20)6-4-13)17-18(25)23-19(26-17)22-16-9-7-15(8-10-16)21-12(2)24/h3-10H,1-2H3,(H,21,24)(H,22,23,25)/b17-11-. The van der Waals surface area contributed by atoms with Crippen molar-refractivity contribution in [2.45, 2.75) is 13.8 Å². The zero-order valence-corrected chi connectivity index (χ0v) is 15.7. The lowest BCUT2D eigenvalue weighted by atomic mass is 10.1. The Morgan fingerprint density at radius 1 is 1.08 bits per heavy atom. The normalized spacial score (nSPS) is 17.2. The summed E-state index contributed by atoms with van der Waals surface area (Å²) < 4.78 is 0. The first-order chi connectivity index (χ1) is 12.4. The molecule has 2 N–H and O–H groups in total. The van der Waals surface area contributed by atoms with Gasteiger partial charge in [-0.3, -0.25) is 9.59 Å². The Morgan fingerprint density at radius 2 is 1.73 bits per heavy atom. The average molecular weight is 386 g/mol. The van der Waals surface area contributed by atoms with Crippen molar-refractivity contribution < 1.29 is 9.59 Å². The first-order valence-corrected chi connectivity index (χ1v) is 9.04. The lowest BCUT2D eigenvalue weighted by Gasteiger charge is -2.03. The van der Waals surface area contributed by atoms with Gasteiger partial charge in [0.1, 0.15) is 0 Å². The second kappa shape index (κ2) is 7.76. The molecule has 0 atom stereocenters. The van der Waals surface area contributed by atoms with Crippen molar-refractivity contribution in [3.05, 3.63) is 64.0 Å². The van der Waals surface area contributed by atoms with Gasteiger partial charge in [-0.05, 0) is 66.2 Å². The summed E-state index contributed by atoms with van der Waals surface area (Å²) in [5, 5.41) is 6.65. The van der Waals surface area contributed by atoms with Crippen molar-refractivity contribution in [1.29, 1.82) is 0 Å². The highest BCUT2D eigenvalue weighted by atomic mass is 35.5. The number of nitrogens with zero attached hydrogens (tertiary/aromatic N) is 1. The molecule has 0 aromatic heterocycles. The van der Waals surface area contributed by atoms with Crippen LogP contribution in [0.5, 0.6) is 0 Å². The quantitative estimate of drug-likeness (QED) is 0.759. The minimum absolute atomic E-state index is 0.130. The largest absolute Gasteiger partial charge is 0.326 e. The minimum atomic E-state index is -0.170. The van der Waals surface area contributed by atoms with Gasteiger partial charge in [0.2, 0.25) is 5.91 Å². The van der Waals surface area contributed by atoms with Crippen LogP contribution in [0.3, 0.4) is 0 Å². The minimum Gasteiger partial charge on any atom is -0.326 e. The van der Waals surface area contributed by atoms with E-state index in [2.05, 4.69) is 15.6 Å². The van der Waals surface area contributed by atoms with Crippen LogP contribution >= 0.6 is 23.4 Å². The van der Waals surface area contributed by atoms with Gasteiger partial charge >= 0.3 is 0 Å². The smallest absolute Gasteiger partial charge is 0.264 e. The molecule has 0 saturated carbocycles. The lowest BCUT2D eigenvalue weighted by Crippen LogP contribution is -2.19. The molecule has 2 aromatic carbocycles. The Balaban J connectivity index is 1.80. The molecule has 1 aliphatic heterocycles. The number of hydrogen-bond acceptors (Lipinski definition) is 4. The van der Waals surface area contributed by atoms with Crippen LogP contribution in [0, 0.1) is 0 Å². The molecule has 3 rings (SSSR count). The van der Waals surface area contributed by atoms with Crippen molar-refractivity contribution in [3.8, 4) is 0 Å². The van der Waals surface area contributed by atoms with Gasteiger partial charge in [-0.15, -0.1) is 0 Å². The molecule has 2 aromatic rings. The van der Waals surface area contributed by atoms with Gasteiger partial charge in [0.15, 0.2) is 5.17 Å². The number of carbonyl (C=O) groups is 2. The predicted octanol–water partition coefficient (Wildman–Crippen LogP) is 4.58. The van der Waals surface area contributed by atoms with Gasteiger partial charge in [-0.2, -0.15) is 0 Å². The first-order valence-electron chi connectivity index (χ1n) is 7.85. The molecule has 0 spiro atoms. The molecule has 0 radical (unpaired) electrons. The molecule has 132 valence electrons. The summed E-state index contributed by atoms with van der Waals surface area (Å²) in [5.41, 5.74) is 3.19. The number of carbonyl (C=O) groups excluding carboxylic acids is 2. The van der Waals surface area contributed by atoms with Crippen LogP contribution in [0.15, 0.2) is 58.4 Å². The second-order valence-electron chi connectivity index (χ2n) is 5.66. The summed E-state index contributed by atoms with van der Waals surface area (Å²) >= 11 is 7.22. The van der Waals surface area contributed by atoms with Gasteiger partial charge in [0.25, 0.3) is 5.91 Å². The SMILES string of the molecule is CC(=O)Nc1ccc(N=C2NC(=O)/C(=C(\C)c3ccc(Cl)cc3)S2)cc1. The Labute approximate surface area is 160 Å². The number of amides is 2. The van der Waals surface area contributed by atoms with E-state index in [1.165, 1.54) is 18.7 Å². The van der Waals surface area contributed by atoms with Crippen LogP contribution in [0.25, 0.3) is 5.57 Å². The maximum absolute atomic E-state index is 12.3. The number of rotatable bonds is 3. The molecule has 0 bridgehead atoms. The number of halogens is 1. The Kier molecular flexibility index (Phi) is 5.44. The monoisotopic (exact) mass is 385 g/mol. The van der Waals surface area contributed by atoms with Crippen molar-refractivity contribution in [2.24, 2.45) is 4.99 Å². The predicted molar refractivity (Wildman–Crippen MR) is 108 cm³/mol. The molecule has 1 fully saturated rings. The van der Waals surface area contributed by atoms with Crippen LogP contribution < -0.4 is 10.6 Å². The fourth-order valence-electron chi connectivity index (χ4n) is 2.39. The zero-order valence-electron chi connectivity index (χ0n) is 14.2. The molecular weight excluding hydrogens is 370 g/mol. The number of aliphatic imine (C=N–C) groups is 1. The molecule has 0 unspecified atom stereocenters. The number of nitrogens with one attached hydrogen (secondary N) is 2. The van der Waals surface area contributed by atoms with E-state index in [9.17, 15) is 9.59 Å². The van der Waals surface area contributed by atoms with E-state index < -0.39 is 0 Å². The third kappa shape index (κ3) is 4.33. The molecule has 0 aliphatic carbocycles. The van der Waals surface area contributed by atoms with Crippen molar-refractivity contribution in [2.75, 3.05) is 5.32 Å². The lowest BCUT2D eigenvalue weighted by molar-refractivity contribution is -0.115. The molecule has 2 amide bonds. The summed E-state index contributed by atoms with van der Waals surface area (Å²) in [5.74, 6) is -0.300. The third-order valence-electron chi connectivity index (χ3n) is 3.66. The van der Waals surface area contributed by atoms with Crippen molar-refractivity contribution >= 4 is 57.3 Å². The molecule has 7 heteroatoms. The van der Waals surface area contributed by atoms with Crippen molar-refractivity contribution in [3.63, 3.8) is 0 Å². The highest BCUT2D eigenvalue weighted by Gasteiger charge is 2.26. The maximum atomic E-state index is 12.3. The first kappa shape index (κ1) is 18.2. The Bertz CT molecular complexity index is 919. The molecular formula is C19H16ClN3O2S. The van der Waals surface area contributed by atoms with E-state index in [1.54, 1.807) is 36.4 Å². The summed E-state index contributed by atoms with van der Waals surface area (Å²) in [7, 11) is 0. The van der Waals surface area contributed by atoms with Crippen LogP contribution in [0.1, 0.15) is 19.4 Å². The molecule has 5 nitrogen and oxygen atoms in total. The average Bonchev–Trinajstić information content (AvgIpc) is 2.96. The van der Waals surface area contributed by atoms with Gasteiger partial charge < -0.3 is 10.6 Å². The Morgan fingerprint density at radius 3 is 2.35 bits per heavy atom. The van der Waals surface area contributed by atoms with Crippen molar-refractivity contribution in [1.82, 2.24) is 5.32 Å². The summed E-state index contributed by atoms with van der Waals surface area (Å²) in [6.45, 7) is 3.35. The fourth-order valence-corrected chi connectivity index (χ4v) is 3.42. The topological polar surface area (TPSA) is 70.6 Å². The summed E-state index contributed by atoms with van der Waals surface area (Å²) in [6.07, 6.45) is 0. The second-order valence-corrected chi connectivity index (χ2v) is 7.10. The number of thioether (sulfide) groups is 1. The van der Waals surface area contributed by atoms with E-state index in [-0.39, 0.29) is 11.8 Å². The van der Waals surface area contributed by atoms with Gasteiger partial charge in [-0.1, -0.05) is 23.7 Å². The van der Waals surface area contributed by atoms with Crippen LogP contribution in [-0.2, 0) is 9.59 Å². The van der Waals surface area contributed by atoms with Crippen LogP contribution in [0.2, 0.25) is 5.02 Å².